The molecule has 1 fully saturated rings. The number of rotatable bonds is 3. The van der Waals surface area contributed by atoms with Gasteiger partial charge in [-0.25, -0.2) is 22.3 Å². The van der Waals surface area contributed by atoms with Crippen LogP contribution in [-0.2, 0) is 16.6 Å². The van der Waals surface area contributed by atoms with Gasteiger partial charge in [0.2, 0.25) is 10.0 Å². The number of primary sulfonamides is 1. The minimum absolute atomic E-state index is 0.0138. The summed E-state index contributed by atoms with van der Waals surface area (Å²) < 4.78 is 50.4. The number of nitrogens with zero attached hydrogens (tertiary/aromatic N) is 1. The average molecular weight is 304 g/mol. The second-order valence-corrected chi connectivity index (χ2v) is 7.09. The number of aryl methyl sites for hydroxylation is 1. The van der Waals surface area contributed by atoms with Crippen LogP contribution >= 0.6 is 0 Å². The highest BCUT2D eigenvalue weighted by Crippen LogP contribution is 2.22. The van der Waals surface area contributed by atoms with Crippen molar-refractivity contribution in [3.63, 3.8) is 0 Å². The molecule has 1 atom stereocenters. The normalized spacial score (nSPS) is 21.1. The molecule has 0 radical (unpaired) electrons. The van der Waals surface area contributed by atoms with Gasteiger partial charge in [0.05, 0.1) is 5.25 Å². The molecule has 1 aromatic carbocycles. The second kappa shape index (κ2) is 5.75. The Morgan fingerprint density at radius 1 is 1.40 bits per heavy atom. The Balaban J connectivity index is 2.17. The van der Waals surface area contributed by atoms with Gasteiger partial charge in [0.15, 0.2) is 0 Å². The van der Waals surface area contributed by atoms with Gasteiger partial charge in [-0.2, -0.15) is 0 Å². The van der Waals surface area contributed by atoms with Gasteiger partial charge in [-0.3, -0.25) is 4.90 Å². The van der Waals surface area contributed by atoms with E-state index in [1.54, 1.807) is 11.8 Å². The highest BCUT2D eigenvalue weighted by molar-refractivity contribution is 7.89. The van der Waals surface area contributed by atoms with Crippen LogP contribution in [0.3, 0.4) is 0 Å². The Morgan fingerprint density at radius 2 is 2.10 bits per heavy atom. The largest absolute Gasteiger partial charge is 0.298 e. The van der Waals surface area contributed by atoms with Gasteiger partial charge in [0, 0.05) is 18.7 Å². The summed E-state index contributed by atoms with van der Waals surface area (Å²) >= 11 is 0. The number of hydrogen-bond acceptors (Lipinski definition) is 3. The molecular formula is C13H18F2N2O2S. The third-order valence-corrected chi connectivity index (χ3v) is 5.00. The van der Waals surface area contributed by atoms with Crippen molar-refractivity contribution in [1.29, 1.82) is 0 Å². The molecule has 1 aromatic rings. The SMILES string of the molecule is Cc1ccc(F)c(CN2CCCC(S(N)(=O)=O)C2)c1F. The molecule has 1 heterocycles. The van der Waals surface area contributed by atoms with Crippen molar-refractivity contribution in [2.45, 2.75) is 31.6 Å². The molecule has 0 amide bonds. The number of sulfonamides is 1. The molecule has 0 aliphatic carbocycles. The zero-order valence-corrected chi connectivity index (χ0v) is 12.1. The van der Waals surface area contributed by atoms with Crippen LogP contribution in [0.15, 0.2) is 12.1 Å². The number of likely N-dealkylation sites (tertiary alicyclic amines) is 1. The summed E-state index contributed by atoms with van der Waals surface area (Å²) in [4.78, 5) is 1.74. The molecule has 1 saturated heterocycles. The average Bonchev–Trinajstić information content (AvgIpc) is 2.39. The Kier molecular flexibility index (Phi) is 4.41. The van der Waals surface area contributed by atoms with E-state index in [0.29, 0.717) is 24.9 Å². The topological polar surface area (TPSA) is 63.4 Å². The lowest BCUT2D eigenvalue weighted by Crippen LogP contribution is -2.44. The lowest BCUT2D eigenvalue weighted by atomic mass is 10.1. The van der Waals surface area contributed by atoms with Gasteiger partial charge in [-0.15, -0.1) is 0 Å². The second-order valence-electron chi connectivity index (χ2n) is 5.25. The molecule has 2 N–H and O–H groups in total. The van der Waals surface area contributed by atoms with E-state index >= 15 is 0 Å². The Hall–Kier alpha value is -1.05. The third-order valence-electron chi connectivity index (χ3n) is 3.69. The van der Waals surface area contributed by atoms with Crippen LogP contribution in [0.5, 0.6) is 0 Å². The first-order valence-electron chi connectivity index (χ1n) is 6.46. The zero-order valence-electron chi connectivity index (χ0n) is 11.3. The van der Waals surface area contributed by atoms with E-state index in [0.717, 1.165) is 0 Å². The fourth-order valence-corrected chi connectivity index (χ4v) is 3.42. The lowest BCUT2D eigenvalue weighted by molar-refractivity contribution is 0.216. The summed E-state index contributed by atoms with van der Waals surface area (Å²) in [5, 5.41) is 4.49. The van der Waals surface area contributed by atoms with Crippen LogP contribution < -0.4 is 5.14 Å². The maximum absolute atomic E-state index is 13.9. The van der Waals surface area contributed by atoms with E-state index in [2.05, 4.69) is 0 Å². The maximum atomic E-state index is 13.9. The quantitative estimate of drug-likeness (QED) is 0.921. The Bertz CT molecular complexity index is 605. The van der Waals surface area contributed by atoms with Crippen LogP contribution in [0.4, 0.5) is 8.78 Å². The van der Waals surface area contributed by atoms with Gasteiger partial charge in [0.25, 0.3) is 0 Å². The van der Waals surface area contributed by atoms with Crippen molar-refractivity contribution in [1.82, 2.24) is 4.90 Å². The molecule has 4 nitrogen and oxygen atoms in total. The predicted octanol–water partition coefficient (Wildman–Crippen LogP) is 1.53. The molecule has 1 aliphatic rings. The van der Waals surface area contributed by atoms with Gasteiger partial charge in [-0.1, -0.05) is 6.07 Å². The summed E-state index contributed by atoms with van der Waals surface area (Å²) in [5.74, 6) is -1.17. The van der Waals surface area contributed by atoms with Gasteiger partial charge in [-0.05, 0) is 37.9 Å². The molecule has 0 spiro atoms. The van der Waals surface area contributed by atoms with Gasteiger partial charge < -0.3 is 0 Å². The fraction of sp³-hybridized carbons (Fsp3) is 0.538. The monoisotopic (exact) mass is 304 g/mol. The Morgan fingerprint density at radius 3 is 2.75 bits per heavy atom. The van der Waals surface area contributed by atoms with Crippen molar-refractivity contribution in [3.8, 4) is 0 Å². The third kappa shape index (κ3) is 3.34. The Labute approximate surface area is 117 Å². The highest BCUT2D eigenvalue weighted by atomic mass is 32.2. The van der Waals surface area contributed by atoms with Crippen molar-refractivity contribution < 1.29 is 17.2 Å². The van der Waals surface area contributed by atoms with Crippen molar-refractivity contribution >= 4 is 10.0 Å². The van der Waals surface area contributed by atoms with E-state index in [4.69, 9.17) is 5.14 Å². The van der Waals surface area contributed by atoms with Crippen LogP contribution in [0.2, 0.25) is 0 Å². The van der Waals surface area contributed by atoms with Crippen LogP contribution in [0, 0.1) is 18.6 Å². The molecule has 1 aliphatic heterocycles. The van der Waals surface area contributed by atoms with E-state index in [1.165, 1.54) is 12.1 Å². The molecule has 1 unspecified atom stereocenters. The van der Waals surface area contributed by atoms with E-state index in [9.17, 15) is 17.2 Å². The van der Waals surface area contributed by atoms with Gasteiger partial charge in [0.1, 0.15) is 11.6 Å². The first-order chi connectivity index (χ1) is 9.29. The number of benzene rings is 1. The number of halogens is 2. The first kappa shape index (κ1) is 15.3. The molecular weight excluding hydrogens is 286 g/mol. The minimum Gasteiger partial charge on any atom is -0.298 e. The van der Waals surface area contributed by atoms with Crippen molar-refractivity contribution in [3.05, 3.63) is 34.9 Å². The van der Waals surface area contributed by atoms with Crippen molar-refractivity contribution in [2.75, 3.05) is 13.1 Å². The predicted molar refractivity (Wildman–Crippen MR) is 72.5 cm³/mol. The van der Waals surface area contributed by atoms with Crippen LogP contribution in [0.1, 0.15) is 24.0 Å². The standard InChI is InChI=1S/C13H18F2N2O2S/c1-9-4-5-12(14)11(13(9)15)8-17-6-2-3-10(7-17)20(16,18)19/h4-5,10H,2-3,6-8H2,1H3,(H2,16,18,19). The van der Waals surface area contributed by atoms with E-state index < -0.39 is 26.9 Å². The summed E-state index contributed by atoms with van der Waals surface area (Å²) in [6.07, 6.45) is 1.14. The fourth-order valence-electron chi connectivity index (χ4n) is 2.51. The number of piperidine rings is 1. The van der Waals surface area contributed by atoms with E-state index in [-0.39, 0.29) is 18.7 Å². The zero-order chi connectivity index (χ0) is 14.9. The first-order valence-corrected chi connectivity index (χ1v) is 8.07. The highest BCUT2D eigenvalue weighted by Gasteiger charge is 2.29. The minimum atomic E-state index is -3.61. The van der Waals surface area contributed by atoms with Crippen molar-refractivity contribution in [2.24, 2.45) is 5.14 Å². The number of hydrogen-bond donors (Lipinski definition) is 1. The van der Waals surface area contributed by atoms with Crippen LogP contribution in [-0.4, -0.2) is 31.7 Å². The smallest absolute Gasteiger partial charge is 0.213 e. The molecule has 0 bridgehead atoms. The summed E-state index contributed by atoms with van der Waals surface area (Å²) in [6.45, 7) is 2.46. The van der Waals surface area contributed by atoms with E-state index in [1.807, 2.05) is 0 Å². The molecule has 20 heavy (non-hydrogen) atoms. The van der Waals surface area contributed by atoms with Gasteiger partial charge >= 0.3 is 0 Å². The van der Waals surface area contributed by atoms with Crippen LogP contribution in [0.25, 0.3) is 0 Å². The summed E-state index contributed by atoms with van der Waals surface area (Å²) in [7, 11) is -3.61. The summed E-state index contributed by atoms with van der Waals surface area (Å²) in [5.41, 5.74) is 0.362. The molecule has 0 saturated carbocycles. The molecule has 7 heteroatoms. The number of nitrogens with two attached hydrogens (primary N) is 1. The molecule has 0 aromatic heterocycles. The lowest BCUT2D eigenvalue weighted by Gasteiger charge is -2.31. The molecule has 2 rings (SSSR count). The molecule has 112 valence electrons. The maximum Gasteiger partial charge on any atom is 0.213 e. The summed E-state index contributed by atoms with van der Waals surface area (Å²) in [6, 6.07) is 2.62.